The van der Waals surface area contributed by atoms with Gasteiger partial charge >= 0.3 is 0 Å². The van der Waals surface area contributed by atoms with Crippen molar-refractivity contribution in [1.29, 1.82) is 0 Å². The van der Waals surface area contributed by atoms with E-state index in [1.807, 2.05) is 0 Å². The number of aliphatic hydroxyl groups is 1. The van der Waals surface area contributed by atoms with Gasteiger partial charge in [-0.05, 0) is 42.5 Å². The standard InChI is InChI=1S/C21H17ClFNO3/c22-18-7-3-1-5-16(18)21(26)24-14-9-11-15(12-10-14)27-13-20(25)17-6-2-4-8-19(17)23/h1-12,20,25H,13H2,(H,24,26). The summed E-state index contributed by atoms with van der Waals surface area (Å²) in [5, 5.41) is 13.2. The van der Waals surface area contributed by atoms with E-state index >= 15 is 0 Å². The summed E-state index contributed by atoms with van der Waals surface area (Å²) in [6, 6.07) is 19.4. The van der Waals surface area contributed by atoms with Gasteiger partial charge in [0, 0.05) is 11.3 Å². The zero-order valence-corrected chi connectivity index (χ0v) is 15.0. The molecule has 1 amide bonds. The van der Waals surface area contributed by atoms with Crippen LogP contribution in [0.1, 0.15) is 22.0 Å². The fourth-order valence-corrected chi connectivity index (χ4v) is 2.71. The summed E-state index contributed by atoms with van der Waals surface area (Å²) in [5.41, 5.74) is 1.13. The fourth-order valence-electron chi connectivity index (χ4n) is 2.49. The fraction of sp³-hybridized carbons (Fsp3) is 0.0952. The minimum Gasteiger partial charge on any atom is -0.491 e. The largest absolute Gasteiger partial charge is 0.491 e. The topological polar surface area (TPSA) is 58.6 Å². The molecular formula is C21H17ClFNO3. The number of carbonyl (C=O) groups is 1. The van der Waals surface area contributed by atoms with Crippen LogP contribution in [0, 0.1) is 5.82 Å². The van der Waals surface area contributed by atoms with Crippen molar-refractivity contribution in [2.24, 2.45) is 0 Å². The summed E-state index contributed by atoms with van der Waals surface area (Å²) in [7, 11) is 0. The maximum atomic E-state index is 13.6. The van der Waals surface area contributed by atoms with E-state index in [1.54, 1.807) is 60.7 Å². The highest BCUT2D eigenvalue weighted by atomic mass is 35.5. The van der Waals surface area contributed by atoms with Crippen LogP contribution >= 0.6 is 11.6 Å². The molecule has 0 aliphatic carbocycles. The first-order chi connectivity index (χ1) is 13.0. The Bertz CT molecular complexity index is 931. The Kier molecular flexibility index (Phi) is 6.06. The molecule has 1 unspecified atom stereocenters. The van der Waals surface area contributed by atoms with Crippen LogP contribution in [0.4, 0.5) is 10.1 Å². The maximum absolute atomic E-state index is 13.6. The Morgan fingerprint density at radius 2 is 1.70 bits per heavy atom. The molecule has 3 aromatic carbocycles. The molecule has 0 heterocycles. The first-order valence-corrected chi connectivity index (χ1v) is 8.63. The lowest BCUT2D eigenvalue weighted by atomic mass is 10.1. The van der Waals surface area contributed by atoms with Crippen molar-refractivity contribution in [3.05, 3.63) is 94.8 Å². The molecule has 1 atom stereocenters. The highest BCUT2D eigenvalue weighted by Crippen LogP contribution is 2.22. The lowest BCUT2D eigenvalue weighted by Gasteiger charge is -2.14. The molecule has 6 heteroatoms. The van der Waals surface area contributed by atoms with Gasteiger partial charge in [-0.1, -0.05) is 41.9 Å². The van der Waals surface area contributed by atoms with Crippen molar-refractivity contribution in [3.8, 4) is 5.75 Å². The van der Waals surface area contributed by atoms with Crippen molar-refractivity contribution in [2.45, 2.75) is 6.10 Å². The first-order valence-electron chi connectivity index (χ1n) is 8.26. The van der Waals surface area contributed by atoms with E-state index in [4.69, 9.17) is 16.3 Å². The number of anilines is 1. The van der Waals surface area contributed by atoms with Crippen LogP contribution in [-0.4, -0.2) is 17.6 Å². The molecule has 0 saturated heterocycles. The molecule has 3 aromatic rings. The van der Waals surface area contributed by atoms with Crippen LogP contribution in [-0.2, 0) is 0 Å². The molecule has 0 radical (unpaired) electrons. The summed E-state index contributed by atoms with van der Waals surface area (Å²) < 4.78 is 19.1. The van der Waals surface area contributed by atoms with E-state index in [-0.39, 0.29) is 18.1 Å². The Labute approximate surface area is 161 Å². The zero-order chi connectivity index (χ0) is 19.2. The zero-order valence-electron chi connectivity index (χ0n) is 14.2. The van der Waals surface area contributed by atoms with E-state index in [0.29, 0.717) is 22.0 Å². The minimum absolute atomic E-state index is 0.0910. The van der Waals surface area contributed by atoms with Gasteiger partial charge in [-0.3, -0.25) is 4.79 Å². The number of rotatable bonds is 6. The maximum Gasteiger partial charge on any atom is 0.257 e. The molecule has 3 rings (SSSR count). The van der Waals surface area contributed by atoms with Crippen molar-refractivity contribution >= 4 is 23.2 Å². The van der Waals surface area contributed by atoms with Gasteiger partial charge in [0.05, 0.1) is 10.6 Å². The summed E-state index contributed by atoms with van der Waals surface area (Å²) >= 11 is 6.01. The van der Waals surface area contributed by atoms with Crippen LogP contribution in [0.2, 0.25) is 5.02 Å². The van der Waals surface area contributed by atoms with E-state index in [2.05, 4.69) is 5.32 Å². The van der Waals surface area contributed by atoms with Gasteiger partial charge in [0.25, 0.3) is 5.91 Å². The molecule has 0 aliphatic rings. The van der Waals surface area contributed by atoms with Gasteiger partial charge in [-0.15, -0.1) is 0 Å². The second-order valence-electron chi connectivity index (χ2n) is 5.81. The quantitative estimate of drug-likeness (QED) is 0.638. The predicted molar refractivity (Wildman–Crippen MR) is 103 cm³/mol. The summed E-state index contributed by atoms with van der Waals surface area (Å²) in [6.45, 7) is -0.0910. The van der Waals surface area contributed by atoms with Crippen molar-refractivity contribution in [3.63, 3.8) is 0 Å². The number of hydrogen-bond acceptors (Lipinski definition) is 3. The monoisotopic (exact) mass is 385 g/mol. The molecule has 0 fully saturated rings. The summed E-state index contributed by atoms with van der Waals surface area (Å²) in [6.07, 6.45) is -1.08. The number of nitrogens with one attached hydrogen (secondary N) is 1. The van der Waals surface area contributed by atoms with Gasteiger partial charge in [0.2, 0.25) is 0 Å². The average molecular weight is 386 g/mol. The van der Waals surface area contributed by atoms with Gasteiger partial charge in [-0.2, -0.15) is 0 Å². The predicted octanol–water partition coefficient (Wildman–Crippen LogP) is 4.84. The van der Waals surface area contributed by atoms with Crippen molar-refractivity contribution < 1.29 is 19.0 Å². The van der Waals surface area contributed by atoms with E-state index in [1.165, 1.54) is 12.1 Å². The smallest absolute Gasteiger partial charge is 0.257 e. The summed E-state index contributed by atoms with van der Waals surface area (Å²) in [4.78, 5) is 12.2. The third kappa shape index (κ3) is 4.84. The number of hydrogen-bond donors (Lipinski definition) is 2. The molecule has 4 nitrogen and oxygen atoms in total. The van der Waals surface area contributed by atoms with Crippen LogP contribution in [0.15, 0.2) is 72.8 Å². The Morgan fingerprint density at radius 1 is 1.04 bits per heavy atom. The van der Waals surface area contributed by atoms with E-state index < -0.39 is 11.9 Å². The molecular weight excluding hydrogens is 369 g/mol. The molecule has 2 N–H and O–H groups in total. The highest BCUT2D eigenvalue weighted by Gasteiger charge is 2.13. The van der Waals surface area contributed by atoms with Gasteiger partial charge in [-0.25, -0.2) is 4.39 Å². The second kappa shape index (κ2) is 8.66. The Balaban J connectivity index is 1.58. The number of carbonyl (C=O) groups excluding carboxylic acids is 1. The SMILES string of the molecule is O=C(Nc1ccc(OCC(O)c2ccccc2F)cc1)c1ccccc1Cl. The second-order valence-corrected chi connectivity index (χ2v) is 6.21. The average Bonchev–Trinajstić information content (AvgIpc) is 2.68. The molecule has 0 saturated carbocycles. The Hall–Kier alpha value is -2.89. The molecule has 0 spiro atoms. The van der Waals surface area contributed by atoms with Gasteiger partial charge in [0.15, 0.2) is 0 Å². The Morgan fingerprint density at radius 3 is 2.41 bits per heavy atom. The molecule has 0 aromatic heterocycles. The molecule has 138 valence electrons. The van der Waals surface area contributed by atoms with Crippen LogP contribution < -0.4 is 10.1 Å². The van der Waals surface area contributed by atoms with Crippen LogP contribution in [0.3, 0.4) is 0 Å². The number of ether oxygens (including phenoxy) is 1. The lowest BCUT2D eigenvalue weighted by Crippen LogP contribution is -2.13. The number of amides is 1. The van der Waals surface area contributed by atoms with Crippen LogP contribution in [0.25, 0.3) is 0 Å². The van der Waals surface area contributed by atoms with Crippen molar-refractivity contribution in [1.82, 2.24) is 0 Å². The van der Waals surface area contributed by atoms with E-state index in [9.17, 15) is 14.3 Å². The summed E-state index contributed by atoms with van der Waals surface area (Å²) in [5.74, 6) is -0.309. The van der Waals surface area contributed by atoms with Gasteiger partial charge in [0.1, 0.15) is 24.3 Å². The van der Waals surface area contributed by atoms with Crippen LogP contribution in [0.5, 0.6) is 5.75 Å². The number of halogens is 2. The third-order valence-corrected chi connectivity index (χ3v) is 4.23. The normalized spacial score (nSPS) is 11.7. The van der Waals surface area contributed by atoms with Crippen molar-refractivity contribution in [2.75, 3.05) is 11.9 Å². The first kappa shape index (κ1) is 18.9. The minimum atomic E-state index is -1.08. The molecule has 0 aliphatic heterocycles. The molecule has 0 bridgehead atoms. The number of benzene rings is 3. The van der Waals surface area contributed by atoms with Gasteiger partial charge < -0.3 is 15.2 Å². The van der Waals surface area contributed by atoms with E-state index in [0.717, 1.165) is 0 Å². The lowest BCUT2D eigenvalue weighted by molar-refractivity contribution is 0.102. The number of aliphatic hydroxyl groups excluding tert-OH is 1. The third-order valence-electron chi connectivity index (χ3n) is 3.90. The molecule has 27 heavy (non-hydrogen) atoms. The highest BCUT2D eigenvalue weighted by molar-refractivity contribution is 6.34.